The molecule has 0 radical (unpaired) electrons. The lowest BCUT2D eigenvalue weighted by Crippen LogP contribution is -2.52. The summed E-state index contributed by atoms with van der Waals surface area (Å²) < 4.78 is 0. The quantitative estimate of drug-likeness (QED) is 0.448. The molecule has 2 atom stereocenters. The summed E-state index contributed by atoms with van der Waals surface area (Å²) in [6, 6.07) is 0.691. The number of carbonyl (C=O) groups is 1. The molecule has 1 unspecified atom stereocenters. The molecule has 50 valence electrons. The molecule has 2 fully saturated rings. The Morgan fingerprint density at radius 3 is 3.11 bits per heavy atom. The maximum absolute atomic E-state index is 10.9. The molecule has 1 amide bonds. The van der Waals surface area contributed by atoms with Gasteiger partial charge in [-0.25, -0.2) is 0 Å². The maximum Gasteiger partial charge on any atom is 0.237 e. The Labute approximate surface area is 53.8 Å². The van der Waals surface area contributed by atoms with Gasteiger partial charge in [-0.1, -0.05) is 0 Å². The summed E-state index contributed by atoms with van der Waals surface area (Å²) >= 11 is 0. The number of hydrogen-bond donors (Lipinski definition) is 2. The largest absolute Gasteiger partial charge is 0.353 e. The lowest BCUT2D eigenvalue weighted by atomic mass is 10.2. The number of nitrogens with one attached hydrogen (secondary N) is 2. The summed E-state index contributed by atoms with van der Waals surface area (Å²) in [6.07, 6.45) is 2.18. The topological polar surface area (TPSA) is 41.1 Å². The molecule has 0 aromatic heterocycles. The van der Waals surface area contributed by atoms with Crippen LogP contribution in [0.1, 0.15) is 12.8 Å². The molecular formula is C6H10N2O. The van der Waals surface area contributed by atoms with Crippen LogP contribution < -0.4 is 10.6 Å². The van der Waals surface area contributed by atoms with Crippen molar-refractivity contribution in [3.05, 3.63) is 0 Å². The predicted octanol–water partition coefficient (Wildman–Crippen LogP) is -0.763. The minimum atomic E-state index is 0.128. The van der Waals surface area contributed by atoms with Gasteiger partial charge >= 0.3 is 0 Å². The number of piperazine rings is 1. The van der Waals surface area contributed by atoms with Crippen LogP contribution in [0.2, 0.25) is 0 Å². The third-order valence-corrected chi connectivity index (χ3v) is 2.08. The van der Waals surface area contributed by atoms with E-state index in [4.69, 9.17) is 0 Å². The van der Waals surface area contributed by atoms with Crippen LogP contribution in [0, 0.1) is 0 Å². The van der Waals surface area contributed by atoms with Crippen molar-refractivity contribution in [3.8, 4) is 0 Å². The van der Waals surface area contributed by atoms with Crippen molar-refractivity contribution in [1.82, 2.24) is 10.6 Å². The van der Waals surface area contributed by atoms with E-state index in [1.165, 1.54) is 0 Å². The van der Waals surface area contributed by atoms with Gasteiger partial charge in [-0.3, -0.25) is 4.79 Å². The normalized spacial score (nSPS) is 40.7. The second-order valence-electron chi connectivity index (χ2n) is 2.74. The van der Waals surface area contributed by atoms with Gasteiger partial charge in [-0.15, -0.1) is 0 Å². The molecule has 3 heteroatoms. The Bertz CT molecular complexity index is 146. The van der Waals surface area contributed by atoms with Gasteiger partial charge in [0.25, 0.3) is 0 Å². The van der Waals surface area contributed by atoms with Gasteiger partial charge in [0.1, 0.15) is 0 Å². The first-order valence-electron chi connectivity index (χ1n) is 3.40. The van der Waals surface area contributed by atoms with Crippen LogP contribution in [0.5, 0.6) is 0 Å². The minimum Gasteiger partial charge on any atom is -0.353 e. The fraction of sp³-hybridized carbons (Fsp3) is 0.833. The maximum atomic E-state index is 10.9. The third-order valence-electron chi connectivity index (χ3n) is 2.08. The fourth-order valence-electron chi connectivity index (χ4n) is 1.53. The molecule has 2 rings (SSSR count). The van der Waals surface area contributed by atoms with Crippen molar-refractivity contribution in [2.24, 2.45) is 0 Å². The summed E-state index contributed by atoms with van der Waals surface area (Å²) in [6.45, 7) is 0.829. The zero-order valence-electron chi connectivity index (χ0n) is 5.18. The number of rotatable bonds is 0. The Kier molecular flexibility index (Phi) is 0.990. The molecule has 0 aromatic carbocycles. The van der Waals surface area contributed by atoms with Crippen LogP contribution in [-0.4, -0.2) is 24.5 Å². The zero-order valence-corrected chi connectivity index (χ0v) is 5.18. The molecule has 2 saturated heterocycles. The first kappa shape index (κ1) is 5.23. The van der Waals surface area contributed by atoms with E-state index >= 15 is 0 Å². The molecule has 0 aliphatic carbocycles. The summed E-state index contributed by atoms with van der Waals surface area (Å²) in [4.78, 5) is 10.9. The molecule has 0 spiro atoms. The van der Waals surface area contributed by atoms with E-state index in [0.29, 0.717) is 6.04 Å². The SMILES string of the molecule is O=C1NCC2CC[C@H]1N2. The van der Waals surface area contributed by atoms with E-state index in [-0.39, 0.29) is 11.9 Å². The van der Waals surface area contributed by atoms with Gasteiger partial charge in [0.2, 0.25) is 5.91 Å². The van der Waals surface area contributed by atoms with E-state index in [9.17, 15) is 4.79 Å². The van der Waals surface area contributed by atoms with Gasteiger partial charge in [-0.05, 0) is 12.8 Å². The Morgan fingerprint density at radius 1 is 1.44 bits per heavy atom. The van der Waals surface area contributed by atoms with Crippen molar-refractivity contribution in [2.75, 3.05) is 6.54 Å². The zero-order chi connectivity index (χ0) is 6.27. The van der Waals surface area contributed by atoms with Crippen LogP contribution in [0.15, 0.2) is 0 Å². The third kappa shape index (κ3) is 0.721. The smallest absolute Gasteiger partial charge is 0.237 e. The fourth-order valence-corrected chi connectivity index (χ4v) is 1.53. The highest BCUT2D eigenvalue weighted by Crippen LogP contribution is 2.14. The lowest BCUT2D eigenvalue weighted by Gasteiger charge is -2.20. The summed E-state index contributed by atoms with van der Waals surface area (Å²) in [7, 11) is 0. The molecule has 2 bridgehead atoms. The summed E-state index contributed by atoms with van der Waals surface area (Å²) in [5, 5.41) is 6.07. The molecular weight excluding hydrogens is 116 g/mol. The number of hydrogen-bond acceptors (Lipinski definition) is 2. The molecule has 2 N–H and O–H groups in total. The van der Waals surface area contributed by atoms with Gasteiger partial charge in [0.05, 0.1) is 6.04 Å². The van der Waals surface area contributed by atoms with Gasteiger partial charge < -0.3 is 10.6 Å². The Balaban J connectivity index is 2.14. The van der Waals surface area contributed by atoms with Crippen LogP contribution in [-0.2, 0) is 4.79 Å². The molecule has 0 aromatic rings. The molecule has 2 aliphatic rings. The minimum absolute atomic E-state index is 0.128. The van der Waals surface area contributed by atoms with Crippen LogP contribution >= 0.6 is 0 Å². The standard InChI is InChI=1S/C6H10N2O/c9-6-5-2-1-4(8-5)3-7-6/h4-5,8H,1-3H2,(H,7,9)/t4?,5-/m1/s1. The second-order valence-corrected chi connectivity index (χ2v) is 2.74. The van der Waals surface area contributed by atoms with Crippen molar-refractivity contribution >= 4 is 5.91 Å². The van der Waals surface area contributed by atoms with Crippen LogP contribution in [0.25, 0.3) is 0 Å². The van der Waals surface area contributed by atoms with Crippen LogP contribution in [0.3, 0.4) is 0 Å². The Morgan fingerprint density at radius 2 is 2.33 bits per heavy atom. The first-order valence-corrected chi connectivity index (χ1v) is 3.40. The molecule has 2 aliphatic heterocycles. The van der Waals surface area contributed by atoms with Crippen LogP contribution in [0.4, 0.5) is 0 Å². The Hall–Kier alpha value is -0.570. The number of carbonyl (C=O) groups excluding carboxylic acids is 1. The van der Waals surface area contributed by atoms with E-state index in [1.54, 1.807) is 0 Å². The number of fused-ring (bicyclic) bond motifs is 2. The average molecular weight is 126 g/mol. The monoisotopic (exact) mass is 126 g/mol. The van der Waals surface area contributed by atoms with Gasteiger partial charge in [0, 0.05) is 12.6 Å². The van der Waals surface area contributed by atoms with Gasteiger partial charge in [-0.2, -0.15) is 0 Å². The second kappa shape index (κ2) is 1.70. The summed E-state index contributed by atoms with van der Waals surface area (Å²) in [5.41, 5.74) is 0. The number of amides is 1. The molecule has 0 saturated carbocycles. The first-order chi connectivity index (χ1) is 4.36. The van der Waals surface area contributed by atoms with Crippen molar-refractivity contribution in [1.29, 1.82) is 0 Å². The van der Waals surface area contributed by atoms with Crippen molar-refractivity contribution in [2.45, 2.75) is 24.9 Å². The highest BCUT2D eigenvalue weighted by molar-refractivity contribution is 5.83. The van der Waals surface area contributed by atoms with Crippen molar-refractivity contribution < 1.29 is 4.79 Å². The van der Waals surface area contributed by atoms with E-state index in [0.717, 1.165) is 19.4 Å². The van der Waals surface area contributed by atoms with E-state index in [2.05, 4.69) is 10.6 Å². The van der Waals surface area contributed by atoms with E-state index < -0.39 is 0 Å². The summed E-state index contributed by atoms with van der Waals surface area (Å²) in [5.74, 6) is 0.184. The predicted molar refractivity (Wildman–Crippen MR) is 33.0 cm³/mol. The highest BCUT2D eigenvalue weighted by Gasteiger charge is 2.33. The lowest BCUT2D eigenvalue weighted by molar-refractivity contribution is -0.123. The highest BCUT2D eigenvalue weighted by atomic mass is 16.2. The molecule has 3 nitrogen and oxygen atoms in total. The van der Waals surface area contributed by atoms with Crippen molar-refractivity contribution in [3.63, 3.8) is 0 Å². The van der Waals surface area contributed by atoms with Gasteiger partial charge in [0.15, 0.2) is 0 Å². The van der Waals surface area contributed by atoms with E-state index in [1.807, 2.05) is 0 Å². The average Bonchev–Trinajstić information content (AvgIpc) is 2.25. The molecule has 9 heavy (non-hydrogen) atoms. The molecule has 2 heterocycles.